The fraction of sp³-hybridized carbons (Fsp3) is 0.533. The topological polar surface area (TPSA) is 96.2 Å². The first-order valence-corrected chi connectivity index (χ1v) is 6.82. The zero-order valence-electron chi connectivity index (χ0n) is 12.9. The summed E-state index contributed by atoms with van der Waals surface area (Å²) in [5.74, 6) is 0.184. The van der Waals surface area contributed by atoms with Gasteiger partial charge in [-0.2, -0.15) is 0 Å². The quantitative estimate of drug-likeness (QED) is 0.539. The molecule has 1 aromatic carbocycles. The molecule has 0 heterocycles. The summed E-state index contributed by atoms with van der Waals surface area (Å²) in [5, 5.41) is 25.1. The summed E-state index contributed by atoms with van der Waals surface area (Å²) < 4.78 is 0. The van der Waals surface area contributed by atoms with Crippen LogP contribution in [0.4, 0.5) is 0 Å². The molecule has 0 aliphatic heterocycles. The van der Waals surface area contributed by atoms with Crippen molar-refractivity contribution in [3.8, 4) is 11.5 Å². The molecule has 0 radical (unpaired) electrons. The molecule has 0 saturated carbocycles. The van der Waals surface area contributed by atoms with E-state index in [1.165, 1.54) is 18.9 Å². The molecule has 0 fully saturated rings. The van der Waals surface area contributed by atoms with Gasteiger partial charge in [-0.25, -0.2) is 15.3 Å². The standard InChI is InChI=1S/C8H18.C7H6O6/c1-7(2)5-6-8(3)4;8-7(9)5-3-4(12-10)1-2-6(5)13-11/h7-8H,5-6H2,1-4H3;1-3,10-11H,(H,8,9). The van der Waals surface area contributed by atoms with Gasteiger partial charge in [-0.05, 0) is 24.0 Å². The van der Waals surface area contributed by atoms with E-state index >= 15 is 0 Å². The van der Waals surface area contributed by atoms with Gasteiger partial charge in [0.2, 0.25) is 0 Å². The van der Waals surface area contributed by atoms with Gasteiger partial charge in [0.15, 0.2) is 11.5 Å². The van der Waals surface area contributed by atoms with E-state index < -0.39 is 5.97 Å². The van der Waals surface area contributed by atoms with Crippen molar-refractivity contribution in [3.05, 3.63) is 23.8 Å². The molecule has 0 unspecified atom stereocenters. The Morgan fingerprint density at radius 1 is 1.05 bits per heavy atom. The van der Waals surface area contributed by atoms with Gasteiger partial charge in [0.1, 0.15) is 5.56 Å². The van der Waals surface area contributed by atoms with Crippen LogP contribution in [-0.2, 0) is 0 Å². The van der Waals surface area contributed by atoms with Crippen LogP contribution in [0.1, 0.15) is 50.9 Å². The average molecular weight is 300 g/mol. The molecule has 0 amide bonds. The highest BCUT2D eigenvalue weighted by molar-refractivity contribution is 5.91. The van der Waals surface area contributed by atoms with Gasteiger partial charge in [0.05, 0.1) is 0 Å². The van der Waals surface area contributed by atoms with E-state index in [0.717, 1.165) is 24.0 Å². The molecule has 0 bridgehead atoms. The molecule has 120 valence electrons. The zero-order chi connectivity index (χ0) is 16.4. The Hall–Kier alpha value is -1.79. The van der Waals surface area contributed by atoms with Crippen LogP contribution in [0.15, 0.2) is 18.2 Å². The number of hydrogen-bond acceptors (Lipinski definition) is 5. The van der Waals surface area contributed by atoms with E-state index in [4.69, 9.17) is 15.6 Å². The maximum atomic E-state index is 10.5. The van der Waals surface area contributed by atoms with Crippen molar-refractivity contribution in [1.82, 2.24) is 0 Å². The second kappa shape index (κ2) is 10.0. The van der Waals surface area contributed by atoms with Gasteiger partial charge in [-0.1, -0.05) is 40.5 Å². The summed E-state index contributed by atoms with van der Waals surface area (Å²) >= 11 is 0. The first-order valence-electron chi connectivity index (χ1n) is 6.82. The molecule has 6 nitrogen and oxygen atoms in total. The van der Waals surface area contributed by atoms with E-state index in [1.807, 2.05) is 0 Å². The Labute approximate surface area is 124 Å². The number of benzene rings is 1. The molecule has 6 heteroatoms. The first-order chi connectivity index (χ1) is 9.81. The average Bonchev–Trinajstić information content (AvgIpc) is 2.45. The van der Waals surface area contributed by atoms with Crippen LogP contribution in [0.25, 0.3) is 0 Å². The zero-order valence-corrected chi connectivity index (χ0v) is 12.9. The van der Waals surface area contributed by atoms with Crippen molar-refractivity contribution >= 4 is 5.97 Å². The van der Waals surface area contributed by atoms with Crippen LogP contribution in [0.2, 0.25) is 0 Å². The maximum Gasteiger partial charge on any atom is 0.339 e. The molecular weight excluding hydrogens is 276 g/mol. The number of carboxylic acid groups (broad SMARTS) is 1. The van der Waals surface area contributed by atoms with E-state index in [0.29, 0.717) is 0 Å². The van der Waals surface area contributed by atoms with Gasteiger partial charge < -0.3 is 14.9 Å². The second-order valence-electron chi connectivity index (χ2n) is 5.51. The molecule has 0 saturated heterocycles. The lowest BCUT2D eigenvalue weighted by Crippen LogP contribution is -2.01. The van der Waals surface area contributed by atoms with Crippen LogP contribution in [0, 0.1) is 11.8 Å². The van der Waals surface area contributed by atoms with Crippen molar-refractivity contribution in [2.75, 3.05) is 0 Å². The molecular formula is C15H24O6. The van der Waals surface area contributed by atoms with Crippen LogP contribution >= 0.6 is 0 Å². The number of carboxylic acids is 1. The van der Waals surface area contributed by atoms with Crippen molar-refractivity contribution in [2.24, 2.45) is 11.8 Å². The SMILES string of the molecule is CC(C)CCC(C)C.O=C(O)c1cc(OO)ccc1OO. The minimum absolute atomic E-state index is 0.0572. The number of hydrogen-bond donors (Lipinski definition) is 3. The normalized spacial score (nSPS) is 10.1. The predicted octanol–water partition coefficient (Wildman–Crippen LogP) is 4.17. The predicted molar refractivity (Wildman–Crippen MR) is 78.8 cm³/mol. The Morgan fingerprint density at radius 3 is 1.90 bits per heavy atom. The van der Waals surface area contributed by atoms with Crippen LogP contribution in [0.5, 0.6) is 11.5 Å². The van der Waals surface area contributed by atoms with E-state index in [9.17, 15) is 4.79 Å². The minimum atomic E-state index is -1.30. The lowest BCUT2D eigenvalue weighted by molar-refractivity contribution is -0.141. The maximum absolute atomic E-state index is 10.5. The van der Waals surface area contributed by atoms with E-state index in [2.05, 4.69) is 37.5 Å². The monoisotopic (exact) mass is 300 g/mol. The molecule has 3 N–H and O–H groups in total. The molecule has 21 heavy (non-hydrogen) atoms. The molecule has 1 rings (SSSR count). The number of aromatic carboxylic acids is 1. The molecule has 0 aliphatic rings. The summed E-state index contributed by atoms with van der Waals surface area (Å²) in [4.78, 5) is 18.1. The summed E-state index contributed by atoms with van der Waals surface area (Å²) in [6.07, 6.45) is 2.77. The van der Waals surface area contributed by atoms with Gasteiger partial charge in [-0.15, -0.1) is 0 Å². The molecule has 1 aromatic rings. The first kappa shape index (κ1) is 19.2. The summed E-state index contributed by atoms with van der Waals surface area (Å²) in [7, 11) is 0. The van der Waals surface area contributed by atoms with Crippen molar-refractivity contribution in [1.29, 1.82) is 0 Å². The van der Waals surface area contributed by atoms with Crippen LogP contribution < -0.4 is 9.78 Å². The highest BCUT2D eigenvalue weighted by Gasteiger charge is 2.13. The lowest BCUT2D eigenvalue weighted by Gasteiger charge is -2.05. The Bertz CT molecular complexity index is 420. The summed E-state index contributed by atoms with van der Waals surface area (Å²) in [6, 6.07) is 3.39. The van der Waals surface area contributed by atoms with Gasteiger partial charge in [0.25, 0.3) is 0 Å². The van der Waals surface area contributed by atoms with E-state index in [1.54, 1.807) is 0 Å². The minimum Gasteiger partial charge on any atom is -0.478 e. The molecule has 0 aromatic heterocycles. The molecule has 0 aliphatic carbocycles. The molecule has 0 atom stereocenters. The fourth-order valence-electron chi connectivity index (χ4n) is 1.48. The van der Waals surface area contributed by atoms with Gasteiger partial charge >= 0.3 is 5.97 Å². The fourth-order valence-corrected chi connectivity index (χ4v) is 1.48. The Morgan fingerprint density at radius 2 is 1.57 bits per heavy atom. The highest BCUT2D eigenvalue weighted by Crippen LogP contribution is 2.23. The Balaban J connectivity index is 0.000000433. The number of carbonyl (C=O) groups is 1. The van der Waals surface area contributed by atoms with Crippen molar-refractivity contribution in [2.45, 2.75) is 40.5 Å². The van der Waals surface area contributed by atoms with Gasteiger partial charge in [0, 0.05) is 6.07 Å². The number of rotatable bonds is 6. The third-order valence-electron chi connectivity index (χ3n) is 2.71. The van der Waals surface area contributed by atoms with Crippen LogP contribution in [-0.4, -0.2) is 21.6 Å². The van der Waals surface area contributed by atoms with Crippen LogP contribution in [0.3, 0.4) is 0 Å². The van der Waals surface area contributed by atoms with Gasteiger partial charge in [-0.3, -0.25) is 0 Å². The third kappa shape index (κ3) is 8.16. The third-order valence-corrected chi connectivity index (χ3v) is 2.71. The lowest BCUT2D eigenvalue weighted by atomic mass is 10.0. The summed E-state index contributed by atoms with van der Waals surface area (Å²) in [5.41, 5.74) is -0.311. The largest absolute Gasteiger partial charge is 0.478 e. The van der Waals surface area contributed by atoms with Crippen molar-refractivity contribution < 1.29 is 30.2 Å². The smallest absolute Gasteiger partial charge is 0.339 e. The van der Waals surface area contributed by atoms with Crippen molar-refractivity contribution in [3.63, 3.8) is 0 Å². The molecule has 0 spiro atoms. The summed E-state index contributed by atoms with van der Waals surface area (Å²) in [6.45, 7) is 9.12. The highest BCUT2D eigenvalue weighted by atomic mass is 17.1. The van der Waals surface area contributed by atoms with E-state index in [-0.39, 0.29) is 17.1 Å². The Kier molecular flexibility index (Phi) is 9.16. The second-order valence-corrected chi connectivity index (χ2v) is 5.51.